The van der Waals surface area contributed by atoms with Gasteiger partial charge >= 0.3 is 0 Å². The molecule has 0 spiro atoms. The second-order valence-corrected chi connectivity index (χ2v) is 8.77. The first-order chi connectivity index (χ1) is 12.1. The Morgan fingerprint density at radius 1 is 1.08 bits per heavy atom. The van der Waals surface area contributed by atoms with Crippen LogP contribution in [-0.4, -0.2) is 29.1 Å². The summed E-state index contributed by atoms with van der Waals surface area (Å²) in [5.41, 5.74) is 4.06. The number of likely N-dealkylation sites (N-methyl/N-ethyl adjacent to an activating group) is 1. The Kier molecular flexibility index (Phi) is 5.03. The highest BCUT2D eigenvalue weighted by atomic mass is 79.9. The number of fused-ring (bicyclic) bond motifs is 1. The lowest BCUT2D eigenvalue weighted by Crippen LogP contribution is -2.23. The van der Waals surface area contributed by atoms with Gasteiger partial charge in [-0.15, -0.1) is 0 Å². The van der Waals surface area contributed by atoms with Gasteiger partial charge in [0.2, 0.25) is 0 Å². The minimum atomic E-state index is 0.820. The number of benzene rings is 2. The van der Waals surface area contributed by atoms with Crippen LogP contribution in [0.1, 0.15) is 24.0 Å². The maximum Gasteiger partial charge on any atom is 0.0487 e. The fourth-order valence-corrected chi connectivity index (χ4v) is 4.25. The Morgan fingerprint density at radius 3 is 2.64 bits per heavy atom. The van der Waals surface area contributed by atoms with Crippen LogP contribution in [-0.2, 0) is 13.0 Å². The van der Waals surface area contributed by atoms with Crippen molar-refractivity contribution < 1.29 is 0 Å². The molecule has 0 saturated heterocycles. The fraction of sp³-hybridized carbons (Fsp3) is 0.333. The third-order valence-corrected chi connectivity index (χ3v) is 6.40. The molecule has 4 rings (SSSR count). The molecular weight excluding hydrogens is 440 g/mol. The molecule has 2 nitrogen and oxygen atoms in total. The molecule has 0 amide bonds. The highest BCUT2D eigenvalue weighted by molar-refractivity contribution is 9.10. The minimum Gasteiger partial charge on any atom is -0.343 e. The molecule has 1 heterocycles. The number of nitrogens with zero attached hydrogens (tertiary/aromatic N) is 2. The van der Waals surface area contributed by atoms with E-state index in [9.17, 15) is 0 Å². The normalized spacial score (nSPS) is 14.6. The highest BCUT2D eigenvalue weighted by Crippen LogP contribution is 2.29. The lowest BCUT2D eigenvalue weighted by atomic mass is 10.1. The summed E-state index contributed by atoms with van der Waals surface area (Å²) in [6.45, 7) is 2.02. The van der Waals surface area contributed by atoms with E-state index in [0.717, 1.165) is 30.0 Å². The van der Waals surface area contributed by atoms with E-state index in [1.165, 1.54) is 39.3 Å². The number of halogens is 2. The van der Waals surface area contributed by atoms with E-state index in [4.69, 9.17) is 0 Å². The minimum absolute atomic E-state index is 0.820. The van der Waals surface area contributed by atoms with Crippen LogP contribution in [0.5, 0.6) is 0 Å². The predicted molar refractivity (Wildman–Crippen MR) is 112 cm³/mol. The van der Waals surface area contributed by atoms with E-state index in [-0.39, 0.29) is 0 Å². The van der Waals surface area contributed by atoms with Gasteiger partial charge in [0, 0.05) is 45.2 Å². The van der Waals surface area contributed by atoms with Gasteiger partial charge in [-0.3, -0.25) is 0 Å². The number of hydrogen-bond donors (Lipinski definition) is 0. The molecule has 1 fully saturated rings. The number of rotatable bonds is 6. The lowest BCUT2D eigenvalue weighted by Gasteiger charge is -2.14. The summed E-state index contributed by atoms with van der Waals surface area (Å²) >= 11 is 7.32. The van der Waals surface area contributed by atoms with Crippen LogP contribution >= 0.6 is 31.9 Å². The summed E-state index contributed by atoms with van der Waals surface area (Å²) in [6.07, 6.45) is 6.18. The van der Waals surface area contributed by atoms with E-state index in [0.29, 0.717) is 0 Å². The van der Waals surface area contributed by atoms with E-state index in [1.54, 1.807) is 0 Å². The zero-order valence-corrected chi connectivity index (χ0v) is 17.6. The highest BCUT2D eigenvalue weighted by Gasteiger charge is 2.25. The molecule has 0 unspecified atom stereocenters. The van der Waals surface area contributed by atoms with E-state index < -0.39 is 0 Å². The summed E-state index contributed by atoms with van der Waals surface area (Å²) in [5, 5.41) is 1.37. The topological polar surface area (TPSA) is 8.17 Å². The van der Waals surface area contributed by atoms with Crippen molar-refractivity contribution in [3.05, 3.63) is 68.7 Å². The van der Waals surface area contributed by atoms with Crippen molar-refractivity contribution in [3.8, 4) is 0 Å². The molecule has 0 bridgehead atoms. The van der Waals surface area contributed by atoms with E-state index in [1.807, 2.05) is 0 Å². The molecule has 25 heavy (non-hydrogen) atoms. The van der Waals surface area contributed by atoms with Gasteiger partial charge in [0.15, 0.2) is 0 Å². The largest absolute Gasteiger partial charge is 0.343 e. The van der Waals surface area contributed by atoms with Crippen molar-refractivity contribution in [1.82, 2.24) is 9.47 Å². The number of hydrogen-bond acceptors (Lipinski definition) is 1. The van der Waals surface area contributed by atoms with Crippen LogP contribution in [0.15, 0.2) is 57.6 Å². The van der Waals surface area contributed by atoms with Gasteiger partial charge in [-0.25, -0.2) is 0 Å². The van der Waals surface area contributed by atoms with Gasteiger partial charge in [-0.2, -0.15) is 0 Å². The third-order valence-electron chi connectivity index (χ3n) is 5.13. The second kappa shape index (κ2) is 7.26. The molecule has 1 aliphatic carbocycles. The van der Waals surface area contributed by atoms with E-state index >= 15 is 0 Å². The first kappa shape index (κ1) is 17.3. The van der Waals surface area contributed by atoms with E-state index in [2.05, 4.69) is 97.0 Å². The van der Waals surface area contributed by atoms with Crippen molar-refractivity contribution in [3.63, 3.8) is 0 Å². The molecule has 1 saturated carbocycles. The van der Waals surface area contributed by atoms with Crippen molar-refractivity contribution in [2.75, 3.05) is 13.6 Å². The monoisotopic (exact) mass is 460 g/mol. The summed E-state index contributed by atoms with van der Waals surface area (Å²) < 4.78 is 4.70. The van der Waals surface area contributed by atoms with Crippen molar-refractivity contribution >= 4 is 42.8 Å². The molecule has 0 N–H and O–H groups in total. The summed E-state index contributed by atoms with van der Waals surface area (Å²) in [7, 11) is 2.26. The maximum atomic E-state index is 3.68. The predicted octanol–water partition coefficient (Wildman–Crippen LogP) is 5.85. The Balaban J connectivity index is 1.65. The molecular formula is C21H22Br2N2. The molecule has 0 radical (unpaired) electrons. The fourth-order valence-electron chi connectivity index (χ4n) is 3.48. The third kappa shape index (κ3) is 3.86. The smallest absolute Gasteiger partial charge is 0.0487 e. The molecule has 1 aliphatic rings. The van der Waals surface area contributed by atoms with Gasteiger partial charge in [-0.05, 0) is 61.7 Å². The molecule has 0 atom stereocenters. The first-order valence-electron chi connectivity index (χ1n) is 8.83. The molecule has 130 valence electrons. The Bertz CT molecular complexity index is 896. The second-order valence-electron chi connectivity index (χ2n) is 7.00. The van der Waals surface area contributed by atoms with Crippen LogP contribution in [0.2, 0.25) is 0 Å². The Morgan fingerprint density at radius 2 is 1.88 bits per heavy atom. The van der Waals surface area contributed by atoms with Gasteiger partial charge in [0.25, 0.3) is 0 Å². The molecule has 3 aromatic rings. The maximum absolute atomic E-state index is 3.68. The van der Waals surface area contributed by atoms with Crippen LogP contribution in [0, 0.1) is 0 Å². The van der Waals surface area contributed by atoms with Crippen LogP contribution in [0.3, 0.4) is 0 Å². The van der Waals surface area contributed by atoms with Crippen molar-refractivity contribution in [2.45, 2.75) is 31.8 Å². The quantitative estimate of drug-likeness (QED) is 0.446. The Hall–Kier alpha value is -1.10. The zero-order valence-electron chi connectivity index (χ0n) is 14.4. The average Bonchev–Trinajstić information content (AvgIpc) is 3.39. The molecule has 4 heteroatoms. The molecule has 2 aromatic carbocycles. The van der Waals surface area contributed by atoms with Gasteiger partial charge < -0.3 is 9.47 Å². The summed E-state index contributed by atoms with van der Waals surface area (Å²) in [5.74, 6) is 0. The standard InChI is InChI=1S/C21H22Br2N2/c1-24(18-7-8-18)11-10-15-13-25(14-16-4-2-3-5-20(16)23)21-9-6-17(22)12-19(15)21/h2-6,9,12-13,18H,7-8,10-11,14H2,1H3. The summed E-state index contributed by atoms with van der Waals surface area (Å²) in [6, 6.07) is 15.9. The molecule has 0 aliphatic heterocycles. The van der Waals surface area contributed by atoms with Crippen LogP contribution in [0.25, 0.3) is 10.9 Å². The summed E-state index contributed by atoms with van der Waals surface area (Å²) in [4.78, 5) is 2.51. The van der Waals surface area contributed by atoms with Crippen LogP contribution in [0.4, 0.5) is 0 Å². The van der Waals surface area contributed by atoms with Gasteiger partial charge in [0.05, 0.1) is 0 Å². The Labute approximate surface area is 166 Å². The van der Waals surface area contributed by atoms with Crippen molar-refractivity contribution in [2.24, 2.45) is 0 Å². The first-order valence-corrected chi connectivity index (χ1v) is 10.4. The van der Waals surface area contributed by atoms with Gasteiger partial charge in [-0.1, -0.05) is 50.1 Å². The van der Waals surface area contributed by atoms with Crippen molar-refractivity contribution in [1.29, 1.82) is 0 Å². The number of aromatic nitrogens is 1. The van der Waals surface area contributed by atoms with Gasteiger partial charge in [0.1, 0.15) is 0 Å². The van der Waals surface area contributed by atoms with Crippen LogP contribution < -0.4 is 0 Å². The zero-order chi connectivity index (χ0) is 17.4. The average molecular weight is 462 g/mol. The molecule has 1 aromatic heterocycles. The lowest BCUT2D eigenvalue weighted by molar-refractivity contribution is 0.329. The SMILES string of the molecule is CN(CCc1cn(Cc2ccccc2Br)c2ccc(Br)cc12)C1CC1.